The highest BCUT2D eigenvalue weighted by Gasteiger charge is 2.02. The Morgan fingerprint density at radius 2 is 1.95 bits per heavy atom. The molecule has 0 bridgehead atoms. The highest BCUT2D eigenvalue weighted by Crippen LogP contribution is 2.10. The lowest BCUT2D eigenvalue weighted by Gasteiger charge is -2.06. The molecule has 1 aromatic rings. The molecule has 1 aromatic carbocycles. The number of rotatable bonds is 9. The van der Waals surface area contributed by atoms with Crippen LogP contribution in [0.4, 0.5) is 4.39 Å². The van der Waals surface area contributed by atoms with E-state index >= 15 is 0 Å². The van der Waals surface area contributed by atoms with E-state index in [1.54, 1.807) is 19.2 Å². The van der Waals surface area contributed by atoms with E-state index in [4.69, 9.17) is 19.5 Å². The van der Waals surface area contributed by atoms with Crippen LogP contribution in [0.3, 0.4) is 0 Å². The van der Waals surface area contributed by atoms with Crippen molar-refractivity contribution in [2.24, 2.45) is 0 Å². The Hall–Kier alpha value is -1.48. The molecule has 0 aliphatic heterocycles. The zero-order valence-corrected chi connectivity index (χ0v) is 11.0. The minimum Gasteiger partial charge on any atom is -0.382 e. The summed E-state index contributed by atoms with van der Waals surface area (Å²) in [6, 6.07) is 6.21. The molecule has 0 saturated carbocycles. The van der Waals surface area contributed by atoms with Crippen LogP contribution in [-0.4, -0.2) is 33.5 Å². The van der Waals surface area contributed by atoms with Gasteiger partial charge in [0.05, 0.1) is 25.4 Å². The van der Waals surface area contributed by atoms with Gasteiger partial charge in [0.25, 0.3) is 0 Å². The SMILES string of the molecule is COCCOCCCOCc1ccc(F)c(C#N)c1. The molecule has 0 radical (unpaired) electrons. The molecule has 5 heteroatoms. The van der Waals surface area contributed by atoms with Gasteiger partial charge in [0.1, 0.15) is 11.9 Å². The van der Waals surface area contributed by atoms with Gasteiger partial charge in [-0.25, -0.2) is 4.39 Å². The monoisotopic (exact) mass is 267 g/mol. The summed E-state index contributed by atoms with van der Waals surface area (Å²) < 4.78 is 28.6. The fraction of sp³-hybridized carbons (Fsp3) is 0.500. The van der Waals surface area contributed by atoms with Crippen molar-refractivity contribution < 1.29 is 18.6 Å². The predicted octanol–water partition coefficient (Wildman–Crippen LogP) is 2.27. The van der Waals surface area contributed by atoms with Crippen LogP contribution in [0.1, 0.15) is 17.5 Å². The Bertz CT molecular complexity index is 418. The highest BCUT2D eigenvalue weighted by molar-refractivity contribution is 5.34. The fourth-order valence-corrected chi connectivity index (χ4v) is 1.45. The summed E-state index contributed by atoms with van der Waals surface area (Å²) in [4.78, 5) is 0. The molecule has 0 atom stereocenters. The van der Waals surface area contributed by atoms with Crippen LogP contribution in [0.2, 0.25) is 0 Å². The average molecular weight is 267 g/mol. The number of methoxy groups -OCH3 is 1. The molecule has 0 saturated heterocycles. The van der Waals surface area contributed by atoms with Crippen LogP contribution in [0.25, 0.3) is 0 Å². The highest BCUT2D eigenvalue weighted by atomic mass is 19.1. The smallest absolute Gasteiger partial charge is 0.140 e. The van der Waals surface area contributed by atoms with Gasteiger partial charge in [-0.1, -0.05) is 6.07 Å². The van der Waals surface area contributed by atoms with Gasteiger partial charge in [-0.2, -0.15) is 5.26 Å². The van der Waals surface area contributed by atoms with Gasteiger partial charge in [-0.15, -0.1) is 0 Å². The molecule has 0 unspecified atom stereocenters. The summed E-state index contributed by atoms with van der Waals surface area (Å²) in [6.07, 6.45) is 0.788. The first-order valence-corrected chi connectivity index (χ1v) is 6.11. The summed E-state index contributed by atoms with van der Waals surface area (Å²) >= 11 is 0. The third kappa shape index (κ3) is 6.30. The van der Waals surface area contributed by atoms with E-state index in [-0.39, 0.29) is 5.56 Å². The molecule has 0 N–H and O–H groups in total. The summed E-state index contributed by atoms with van der Waals surface area (Å²) in [5.74, 6) is -0.502. The van der Waals surface area contributed by atoms with E-state index in [9.17, 15) is 4.39 Å². The van der Waals surface area contributed by atoms with Crippen molar-refractivity contribution in [2.75, 3.05) is 33.5 Å². The normalized spacial score (nSPS) is 10.4. The number of nitriles is 1. The van der Waals surface area contributed by atoms with Crippen molar-refractivity contribution in [1.82, 2.24) is 0 Å². The summed E-state index contributed by atoms with van der Waals surface area (Å²) in [5.41, 5.74) is 0.835. The van der Waals surface area contributed by atoms with Gasteiger partial charge >= 0.3 is 0 Å². The average Bonchev–Trinajstić information content (AvgIpc) is 2.43. The van der Waals surface area contributed by atoms with Crippen LogP contribution < -0.4 is 0 Å². The van der Waals surface area contributed by atoms with E-state index in [2.05, 4.69) is 0 Å². The van der Waals surface area contributed by atoms with E-state index in [0.717, 1.165) is 12.0 Å². The van der Waals surface area contributed by atoms with Gasteiger partial charge < -0.3 is 14.2 Å². The zero-order chi connectivity index (χ0) is 13.9. The van der Waals surface area contributed by atoms with Crippen molar-refractivity contribution in [3.05, 3.63) is 35.1 Å². The molecule has 1 rings (SSSR count). The largest absolute Gasteiger partial charge is 0.382 e. The van der Waals surface area contributed by atoms with Gasteiger partial charge in [0.15, 0.2) is 0 Å². The third-order valence-corrected chi connectivity index (χ3v) is 2.43. The molecule has 0 aliphatic carbocycles. The van der Waals surface area contributed by atoms with Crippen LogP contribution in [0, 0.1) is 17.1 Å². The van der Waals surface area contributed by atoms with E-state index in [1.165, 1.54) is 12.1 Å². The Balaban J connectivity index is 2.14. The first-order chi connectivity index (χ1) is 9.27. The van der Waals surface area contributed by atoms with Crippen molar-refractivity contribution in [1.29, 1.82) is 5.26 Å². The van der Waals surface area contributed by atoms with Crippen molar-refractivity contribution in [2.45, 2.75) is 13.0 Å². The van der Waals surface area contributed by atoms with Crippen molar-refractivity contribution in [3.63, 3.8) is 0 Å². The maximum absolute atomic E-state index is 13.1. The molecule has 0 amide bonds. The number of nitrogens with zero attached hydrogens (tertiary/aromatic N) is 1. The fourth-order valence-electron chi connectivity index (χ4n) is 1.45. The van der Waals surface area contributed by atoms with E-state index < -0.39 is 5.82 Å². The van der Waals surface area contributed by atoms with Crippen LogP contribution >= 0.6 is 0 Å². The topological polar surface area (TPSA) is 51.5 Å². The third-order valence-electron chi connectivity index (χ3n) is 2.43. The number of hydrogen-bond donors (Lipinski definition) is 0. The first kappa shape index (κ1) is 15.6. The van der Waals surface area contributed by atoms with Crippen LogP contribution in [0.15, 0.2) is 18.2 Å². The molecule has 0 spiro atoms. The van der Waals surface area contributed by atoms with Crippen molar-refractivity contribution >= 4 is 0 Å². The lowest BCUT2D eigenvalue weighted by atomic mass is 10.1. The lowest BCUT2D eigenvalue weighted by Crippen LogP contribution is -2.05. The minimum absolute atomic E-state index is 0.0454. The van der Waals surface area contributed by atoms with Crippen LogP contribution in [0.5, 0.6) is 0 Å². The Labute approximate surface area is 112 Å². The zero-order valence-electron chi connectivity index (χ0n) is 11.0. The number of halogens is 1. The summed E-state index contributed by atoms with van der Waals surface area (Å²) in [6.45, 7) is 2.73. The summed E-state index contributed by atoms with van der Waals surface area (Å²) in [7, 11) is 1.63. The maximum Gasteiger partial charge on any atom is 0.140 e. The van der Waals surface area contributed by atoms with E-state index in [1.807, 2.05) is 0 Å². The molecule has 0 aromatic heterocycles. The maximum atomic E-state index is 13.1. The second kappa shape index (κ2) is 9.45. The van der Waals surface area contributed by atoms with E-state index in [0.29, 0.717) is 33.0 Å². The molecular formula is C14H18FNO3. The molecule has 0 fully saturated rings. The molecular weight excluding hydrogens is 249 g/mol. The van der Waals surface area contributed by atoms with Gasteiger partial charge in [-0.05, 0) is 24.1 Å². The molecule has 104 valence electrons. The van der Waals surface area contributed by atoms with Crippen LogP contribution in [-0.2, 0) is 20.8 Å². The second-order valence-electron chi connectivity index (χ2n) is 3.94. The summed E-state index contributed by atoms with van der Waals surface area (Å²) in [5, 5.41) is 8.70. The Morgan fingerprint density at radius 3 is 2.68 bits per heavy atom. The van der Waals surface area contributed by atoms with Crippen molar-refractivity contribution in [3.8, 4) is 6.07 Å². The standard InChI is InChI=1S/C14H18FNO3/c1-17-7-8-18-5-2-6-19-11-12-3-4-14(15)13(9-12)10-16/h3-4,9H,2,5-8,11H2,1H3. The first-order valence-electron chi connectivity index (χ1n) is 6.11. The van der Waals surface area contributed by atoms with Gasteiger partial charge in [0, 0.05) is 20.3 Å². The molecule has 4 nitrogen and oxygen atoms in total. The molecule has 0 aliphatic rings. The quantitative estimate of drug-likeness (QED) is 0.644. The lowest BCUT2D eigenvalue weighted by molar-refractivity contribution is 0.0483. The number of hydrogen-bond acceptors (Lipinski definition) is 4. The Morgan fingerprint density at radius 1 is 1.16 bits per heavy atom. The van der Waals surface area contributed by atoms with Gasteiger partial charge in [0.2, 0.25) is 0 Å². The van der Waals surface area contributed by atoms with Gasteiger partial charge in [-0.3, -0.25) is 0 Å². The molecule has 0 heterocycles. The Kier molecular flexibility index (Phi) is 7.75. The molecule has 19 heavy (non-hydrogen) atoms. The number of ether oxygens (including phenoxy) is 3. The second-order valence-corrected chi connectivity index (χ2v) is 3.94. The minimum atomic E-state index is -0.502. The predicted molar refractivity (Wildman–Crippen MR) is 68.1 cm³/mol. The number of benzene rings is 1.